The van der Waals surface area contributed by atoms with Crippen LogP contribution in [-0.2, 0) is 4.79 Å². The van der Waals surface area contributed by atoms with Gasteiger partial charge in [0, 0.05) is 5.69 Å². The van der Waals surface area contributed by atoms with E-state index >= 15 is 0 Å². The molecule has 0 saturated heterocycles. The molecule has 0 saturated carbocycles. The molecule has 158 valence electrons. The van der Waals surface area contributed by atoms with E-state index in [-0.39, 0.29) is 12.5 Å². The fourth-order valence-corrected chi connectivity index (χ4v) is 3.26. The van der Waals surface area contributed by atoms with Gasteiger partial charge in [-0.3, -0.25) is 4.79 Å². The van der Waals surface area contributed by atoms with Crippen molar-refractivity contribution in [3.63, 3.8) is 0 Å². The Bertz CT molecular complexity index is 1330. The highest BCUT2D eigenvalue weighted by atomic mass is 16.5. The molecule has 0 aliphatic heterocycles. The highest BCUT2D eigenvalue weighted by molar-refractivity contribution is 5.92. The third-order valence-electron chi connectivity index (χ3n) is 5.09. The Hall–Kier alpha value is -4.37. The van der Waals surface area contributed by atoms with Crippen LogP contribution in [-0.4, -0.2) is 22.5 Å². The Morgan fingerprint density at radius 1 is 1.09 bits per heavy atom. The summed E-state index contributed by atoms with van der Waals surface area (Å²) in [5, 5.41) is 12.5. The molecule has 1 heterocycles. The Labute approximate surface area is 186 Å². The zero-order valence-corrected chi connectivity index (χ0v) is 17.8. The standard InChI is InChI=1S/C26H22N4O2/c1-17-10-11-21(12-18(17)2)28-25(31)16-32-22-7-5-6-19(14-22)13-20(15-27)26-29-23-8-3-4-9-24(23)30-26/h3-14H,16H2,1-2H3,(H,28,31)(H,29,30)/b20-13-. The zero-order chi connectivity index (χ0) is 22.5. The molecule has 1 aromatic heterocycles. The van der Waals surface area contributed by atoms with Crippen molar-refractivity contribution in [3.05, 3.63) is 89.2 Å². The predicted octanol–water partition coefficient (Wildman–Crippen LogP) is 5.26. The van der Waals surface area contributed by atoms with E-state index in [0.717, 1.165) is 27.8 Å². The highest BCUT2D eigenvalue weighted by Gasteiger charge is 2.09. The highest BCUT2D eigenvalue weighted by Crippen LogP contribution is 2.21. The number of ether oxygens (including phenoxy) is 1. The van der Waals surface area contributed by atoms with Crippen molar-refractivity contribution >= 4 is 34.3 Å². The van der Waals surface area contributed by atoms with Gasteiger partial charge in [0.1, 0.15) is 17.6 Å². The first-order valence-corrected chi connectivity index (χ1v) is 10.2. The fraction of sp³-hybridized carbons (Fsp3) is 0.115. The maximum atomic E-state index is 12.3. The van der Waals surface area contributed by atoms with Gasteiger partial charge in [-0.05, 0) is 73.0 Å². The van der Waals surface area contributed by atoms with E-state index in [2.05, 4.69) is 21.4 Å². The number of benzene rings is 3. The van der Waals surface area contributed by atoms with Crippen molar-refractivity contribution < 1.29 is 9.53 Å². The van der Waals surface area contributed by atoms with Crippen LogP contribution in [0.5, 0.6) is 5.75 Å². The number of nitrogens with one attached hydrogen (secondary N) is 2. The summed E-state index contributed by atoms with van der Waals surface area (Å²) < 4.78 is 5.66. The van der Waals surface area contributed by atoms with Gasteiger partial charge in [0.15, 0.2) is 6.61 Å². The van der Waals surface area contributed by atoms with Gasteiger partial charge in [0.05, 0.1) is 16.6 Å². The average molecular weight is 422 g/mol. The van der Waals surface area contributed by atoms with Gasteiger partial charge in [-0.25, -0.2) is 4.98 Å². The van der Waals surface area contributed by atoms with Crippen molar-refractivity contribution in [1.82, 2.24) is 9.97 Å². The van der Waals surface area contributed by atoms with Crippen LogP contribution in [0.25, 0.3) is 22.7 Å². The third-order valence-corrected chi connectivity index (χ3v) is 5.09. The van der Waals surface area contributed by atoms with Crippen LogP contribution in [0.4, 0.5) is 5.69 Å². The van der Waals surface area contributed by atoms with Crippen molar-refractivity contribution in [2.75, 3.05) is 11.9 Å². The molecule has 4 aromatic rings. The first kappa shape index (κ1) is 20.9. The van der Waals surface area contributed by atoms with Gasteiger partial charge < -0.3 is 15.0 Å². The zero-order valence-electron chi connectivity index (χ0n) is 17.8. The minimum atomic E-state index is -0.241. The fourth-order valence-electron chi connectivity index (χ4n) is 3.26. The molecule has 0 unspecified atom stereocenters. The number of imidazole rings is 1. The second-order valence-electron chi connectivity index (χ2n) is 7.48. The molecule has 0 atom stereocenters. The average Bonchev–Trinajstić information content (AvgIpc) is 3.23. The Balaban J connectivity index is 1.45. The van der Waals surface area contributed by atoms with Gasteiger partial charge in [0.25, 0.3) is 5.91 Å². The third kappa shape index (κ3) is 4.85. The molecule has 3 aromatic carbocycles. The minimum absolute atomic E-state index is 0.116. The van der Waals surface area contributed by atoms with E-state index < -0.39 is 0 Å². The molecular formula is C26H22N4O2. The molecule has 0 aliphatic carbocycles. The number of aryl methyl sites for hydroxylation is 2. The number of rotatable bonds is 6. The van der Waals surface area contributed by atoms with Gasteiger partial charge in [0.2, 0.25) is 0 Å². The second kappa shape index (κ2) is 9.19. The normalized spacial score (nSPS) is 11.2. The van der Waals surface area contributed by atoms with Crippen LogP contribution < -0.4 is 10.1 Å². The Morgan fingerprint density at radius 2 is 1.94 bits per heavy atom. The predicted molar refractivity (Wildman–Crippen MR) is 126 cm³/mol. The van der Waals surface area contributed by atoms with Crippen LogP contribution in [0.2, 0.25) is 0 Å². The van der Waals surface area contributed by atoms with E-state index in [9.17, 15) is 10.1 Å². The number of fused-ring (bicyclic) bond motifs is 1. The quantitative estimate of drug-likeness (QED) is 0.415. The molecule has 0 fully saturated rings. The van der Waals surface area contributed by atoms with Crippen molar-refractivity contribution in [2.45, 2.75) is 13.8 Å². The summed E-state index contributed by atoms with van der Waals surface area (Å²) in [6, 6.07) is 22.8. The lowest BCUT2D eigenvalue weighted by Gasteiger charge is -2.09. The summed E-state index contributed by atoms with van der Waals surface area (Å²) in [6.07, 6.45) is 1.74. The summed E-state index contributed by atoms with van der Waals surface area (Å²) in [6.45, 7) is 3.91. The summed E-state index contributed by atoms with van der Waals surface area (Å²) in [4.78, 5) is 19.9. The number of anilines is 1. The summed E-state index contributed by atoms with van der Waals surface area (Å²) in [5.41, 5.74) is 5.87. The number of hydrogen-bond donors (Lipinski definition) is 2. The molecule has 0 aliphatic rings. The van der Waals surface area contributed by atoms with Crippen LogP contribution in [0.3, 0.4) is 0 Å². The number of carbonyl (C=O) groups is 1. The van der Waals surface area contributed by atoms with Crippen LogP contribution in [0, 0.1) is 25.2 Å². The topological polar surface area (TPSA) is 90.8 Å². The van der Waals surface area contributed by atoms with Crippen LogP contribution in [0.15, 0.2) is 66.7 Å². The number of nitrogens with zero attached hydrogens (tertiary/aromatic N) is 2. The maximum absolute atomic E-state index is 12.3. The summed E-state index contributed by atoms with van der Waals surface area (Å²) in [5.74, 6) is 0.804. The largest absolute Gasteiger partial charge is 0.484 e. The number of amides is 1. The molecule has 2 N–H and O–H groups in total. The maximum Gasteiger partial charge on any atom is 0.262 e. The van der Waals surface area contributed by atoms with Gasteiger partial charge in [-0.15, -0.1) is 0 Å². The van der Waals surface area contributed by atoms with E-state index in [1.54, 1.807) is 18.2 Å². The van der Waals surface area contributed by atoms with Crippen molar-refractivity contribution in [2.24, 2.45) is 0 Å². The number of aromatic nitrogens is 2. The molecule has 32 heavy (non-hydrogen) atoms. The number of hydrogen-bond acceptors (Lipinski definition) is 4. The lowest BCUT2D eigenvalue weighted by Crippen LogP contribution is -2.20. The smallest absolute Gasteiger partial charge is 0.262 e. The van der Waals surface area contributed by atoms with Crippen molar-refractivity contribution in [3.8, 4) is 11.8 Å². The molecule has 4 rings (SSSR count). The first-order valence-electron chi connectivity index (χ1n) is 10.2. The van der Waals surface area contributed by atoms with Crippen LogP contribution >= 0.6 is 0 Å². The number of H-pyrrole nitrogens is 1. The molecule has 6 nitrogen and oxygen atoms in total. The van der Waals surface area contributed by atoms with E-state index in [1.807, 2.05) is 68.4 Å². The van der Waals surface area contributed by atoms with Gasteiger partial charge in [-0.1, -0.05) is 30.3 Å². The second-order valence-corrected chi connectivity index (χ2v) is 7.48. The number of carbonyl (C=O) groups excluding carboxylic acids is 1. The van der Waals surface area contributed by atoms with E-state index in [1.165, 1.54) is 5.56 Å². The van der Waals surface area contributed by atoms with Gasteiger partial charge >= 0.3 is 0 Å². The molecule has 0 radical (unpaired) electrons. The molecule has 1 amide bonds. The monoisotopic (exact) mass is 422 g/mol. The summed E-state index contributed by atoms with van der Waals surface area (Å²) >= 11 is 0. The molecule has 6 heteroatoms. The molecular weight excluding hydrogens is 400 g/mol. The summed E-state index contributed by atoms with van der Waals surface area (Å²) in [7, 11) is 0. The number of allylic oxidation sites excluding steroid dienone is 1. The Kier molecular flexibility index (Phi) is 6.00. The Morgan fingerprint density at radius 3 is 2.72 bits per heavy atom. The SMILES string of the molecule is Cc1ccc(NC(=O)COc2cccc(/C=C(/C#N)c3nc4ccccc4[nH]3)c2)cc1C. The van der Waals surface area contributed by atoms with Crippen LogP contribution in [0.1, 0.15) is 22.5 Å². The minimum Gasteiger partial charge on any atom is -0.484 e. The van der Waals surface area contributed by atoms with E-state index in [4.69, 9.17) is 4.74 Å². The van der Waals surface area contributed by atoms with Gasteiger partial charge in [-0.2, -0.15) is 5.26 Å². The number of aromatic amines is 1. The lowest BCUT2D eigenvalue weighted by molar-refractivity contribution is -0.118. The molecule has 0 spiro atoms. The lowest BCUT2D eigenvalue weighted by atomic mass is 10.1. The van der Waals surface area contributed by atoms with E-state index in [0.29, 0.717) is 17.1 Å². The molecule has 0 bridgehead atoms. The first-order chi connectivity index (χ1) is 15.5. The number of nitriles is 1. The van der Waals surface area contributed by atoms with Crippen molar-refractivity contribution in [1.29, 1.82) is 5.26 Å². The number of para-hydroxylation sites is 2.